The Morgan fingerprint density at radius 2 is 0.478 bits per heavy atom. The second-order valence-corrected chi connectivity index (χ2v) is 29.0. The van der Waals surface area contributed by atoms with E-state index in [1.54, 1.807) is 36.4 Å². The van der Waals surface area contributed by atoms with Crippen molar-refractivity contribution in [1.82, 2.24) is 0 Å². The lowest BCUT2D eigenvalue weighted by molar-refractivity contribution is 0.481. The third kappa shape index (κ3) is 10.5. The van der Waals surface area contributed by atoms with Crippen molar-refractivity contribution in [3.63, 3.8) is 0 Å². The van der Waals surface area contributed by atoms with E-state index in [4.69, 9.17) is 9.47 Å². The Kier molecular flexibility index (Phi) is 16.0. The van der Waals surface area contributed by atoms with Crippen LogP contribution in [0.5, 0.6) is 23.0 Å². The molecule has 0 heterocycles. The lowest BCUT2D eigenvalue weighted by atomic mass is 9.67. The molecule has 2 atom stereocenters. The van der Waals surface area contributed by atoms with Crippen LogP contribution in [0.4, 0.5) is 60.5 Å². The summed E-state index contributed by atoms with van der Waals surface area (Å²) in [6, 6.07) is 108. The number of fused-ring (bicyclic) bond motifs is 16. The predicted octanol–water partition coefficient (Wildman–Crippen LogP) is 27.4. The van der Waals surface area contributed by atoms with Crippen LogP contribution >= 0.6 is 0 Å². The minimum Gasteiger partial charge on any atom is -0.457 e. The zero-order valence-electron chi connectivity index (χ0n) is 60.5. The number of hydrogen-bond acceptors (Lipinski definition) is 4. The van der Waals surface area contributed by atoms with E-state index in [0.717, 1.165) is 113 Å². The first-order valence-electron chi connectivity index (χ1n) is 37.4. The van der Waals surface area contributed by atoms with E-state index in [1.807, 2.05) is 170 Å². The topological polar surface area (TPSA) is 24.9 Å². The first-order chi connectivity index (χ1) is 55.3. The maximum Gasteiger partial charge on any atom is 0.128 e. The van der Waals surface area contributed by atoms with E-state index in [0.29, 0.717) is 68.0 Å². The van der Waals surface area contributed by atoms with Crippen molar-refractivity contribution in [2.45, 2.75) is 16.2 Å². The Bertz CT molecular complexity index is 6160. The van der Waals surface area contributed by atoms with Crippen LogP contribution in [0.1, 0.15) is 77.9 Å². The largest absolute Gasteiger partial charge is 0.457 e. The van der Waals surface area contributed by atoms with Crippen LogP contribution in [0.3, 0.4) is 0 Å². The number of ether oxygens (including phenoxy) is 2. The normalized spacial score (nSPS) is 16.1. The summed E-state index contributed by atoms with van der Waals surface area (Å²) in [6.45, 7) is 7.78. The Hall–Kier alpha value is -14.2. The van der Waals surface area contributed by atoms with Gasteiger partial charge >= 0.3 is 0 Å². The molecule has 16 aromatic rings. The lowest BCUT2D eigenvalue weighted by Gasteiger charge is -2.36. The minimum absolute atomic E-state index is 0.116. The SMILES string of the molecule is C=Cc1ccc(Oc2ccc(C3(c4cc(F)ccc4F)c4ccccc4-c4ccc(N(c5ccc(F)cc5)c5ccc6c(c5)C5(c7ccccc7-6)c6ccccc6-c6ccc(N(c7ccc(F)cc7)c7ccc8c(c7)C(c7ccc(Oc9ccc(C=C)cc9)cc7)(c7cc(F)ccc7F)c7ccccc7-8)cc65)cc43)cc2)cc1. The monoisotopic (exact) mass is 1470 g/mol. The first-order valence-corrected chi connectivity index (χ1v) is 37.4. The Balaban J connectivity index is 0.770. The summed E-state index contributed by atoms with van der Waals surface area (Å²) in [5.74, 6) is -0.973. The van der Waals surface area contributed by atoms with Gasteiger partial charge in [0.1, 0.15) is 57.9 Å². The highest BCUT2D eigenvalue weighted by atomic mass is 19.1. The highest BCUT2D eigenvalue weighted by Crippen LogP contribution is 2.66. The molecule has 16 aromatic carbocycles. The van der Waals surface area contributed by atoms with E-state index in [9.17, 15) is 0 Å². The zero-order chi connectivity index (χ0) is 76.4. The second kappa shape index (κ2) is 26.5. The van der Waals surface area contributed by atoms with Crippen LogP contribution < -0.4 is 19.3 Å². The smallest absolute Gasteiger partial charge is 0.128 e. The molecule has 1 spiro atoms. The van der Waals surface area contributed by atoms with Gasteiger partial charge < -0.3 is 19.3 Å². The van der Waals surface area contributed by atoms with Crippen molar-refractivity contribution in [1.29, 1.82) is 0 Å². The molecule has 4 aliphatic rings. The van der Waals surface area contributed by atoms with E-state index in [2.05, 4.69) is 120 Å². The third-order valence-corrected chi connectivity index (χ3v) is 23.3. The standard InChI is InChI=1S/C103H64F6N2O2/c1-3-63-21-43-77(44-22-63)112-79-47-25-65(26-48-79)101(97-57-69(106)33-55-99(97)108)89-17-9-5-13-81(89)85-51-39-73(59-93(85)101)110(71-35-29-67(104)30-36-71)75-41-53-87-83-15-7-11-19-91(83)103(95(87)61-75)92-20-12-8-16-84(92)88-54-42-76(62-96(88)103)111(72-37-31-68(105)32-38-72)74-40-52-86-82-14-6-10-18-90(82)102(94(86)60-74,98-58-70(107)34-56-100(98)109)66-27-49-80(50-28-66)113-78-45-23-64(4-2)24-46-78/h3-62H,1-2H2. The highest BCUT2D eigenvalue weighted by Gasteiger charge is 2.54. The lowest BCUT2D eigenvalue weighted by Crippen LogP contribution is -2.30. The summed E-state index contributed by atoms with van der Waals surface area (Å²) in [6.07, 6.45) is 3.53. The molecule has 0 radical (unpaired) electrons. The molecular weight excluding hydrogens is 1410 g/mol. The third-order valence-electron chi connectivity index (χ3n) is 23.3. The van der Waals surface area contributed by atoms with Gasteiger partial charge in [-0.05, 0) is 293 Å². The van der Waals surface area contributed by atoms with Gasteiger partial charge in [-0.2, -0.15) is 0 Å². The van der Waals surface area contributed by atoms with Gasteiger partial charge in [0.2, 0.25) is 0 Å². The van der Waals surface area contributed by atoms with Crippen LogP contribution in [0.2, 0.25) is 0 Å². The number of benzene rings is 16. The quantitative estimate of drug-likeness (QED) is 0.0900. The van der Waals surface area contributed by atoms with Crippen molar-refractivity contribution in [3.8, 4) is 67.5 Å². The molecule has 113 heavy (non-hydrogen) atoms. The van der Waals surface area contributed by atoms with E-state index >= 15 is 26.3 Å². The molecule has 0 aliphatic heterocycles. The first kappa shape index (κ1) is 68.1. The molecular formula is C103H64F6N2O2. The molecule has 0 amide bonds. The molecule has 10 heteroatoms. The number of rotatable bonds is 16. The van der Waals surface area contributed by atoms with Crippen LogP contribution in [0, 0.1) is 34.9 Å². The predicted molar refractivity (Wildman–Crippen MR) is 440 cm³/mol. The van der Waals surface area contributed by atoms with Crippen molar-refractivity contribution >= 4 is 46.3 Å². The van der Waals surface area contributed by atoms with Crippen molar-refractivity contribution < 1.29 is 35.8 Å². The van der Waals surface area contributed by atoms with Gasteiger partial charge in [0, 0.05) is 45.3 Å². The molecule has 0 aromatic heterocycles. The molecule has 0 saturated heterocycles. The summed E-state index contributed by atoms with van der Waals surface area (Å²) in [5, 5.41) is 0. The van der Waals surface area contributed by atoms with E-state index in [1.165, 1.54) is 48.5 Å². The fourth-order valence-electron chi connectivity index (χ4n) is 18.5. The summed E-state index contributed by atoms with van der Waals surface area (Å²) >= 11 is 0. The van der Waals surface area contributed by atoms with Gasteiger partial charge in [-0.25, -0.2) is 26.3 Å². The Morgan fingerprint density at radius 3 is 0.788 bits per heavy atom. The van der Waals surface area contributed by atoms with Crippen LogP contribution in [0.25, 0.3) is 56.7 Å². The van der Waals surface area contributed by atoms with Crippen molar-refractivity contribution in [2.24, 2.45) is 0 Å². The van der Waals surface area contributed by atoms with E-state index < -0.39 is 51.1 Å². The summed E-state index contributed by atoms with van der Waals surface area (Å²) in [4.78, 5) is 4.20. The number of nitrogens with zero attached hydrogens (tertiary/aromatic N) is 2. The number of anilines is 6. The maximum absolute atomic E-state index is 17.5. The Morgan fingerprint density at radius 1 is 0.221 bits per heavy atom. The molecule has 0 fully saturated rings. The summed E-state index contributed by atoms with van der Waals surface area (Å²) in [5.41, 5.74) is 17.7. The molecule has 0 bridgehead atoms. The summed E-state index contributed by atoms with van der Waals surface area (Å²) < 4.78 is 112. The number of hydrogen-bond donors (Lipinski definition) is 0. The molecule has 4 aliphatic carbocycles. The molecule has 4 nitrogen and oxygen atoms in total. The fourth-order valence-corrected chi connectivity index (χ4v) is 18.5. The van der Waals surface area contributed by atoms with Crippen molar-refractivity contribution in [2.75, 3.05) is 9.80 Å². The maximum atomic E-state index is 17.5. The molecule has 0 saturated carbocycles. The van der Waals surface area contributed by atoms with Gasteiger partial charge in [-0.3, -0.25) is 0 Å². The van der Waals surface area contributed by atoms with Gasteiger partial charge in [0.25, 0.3) is 0 Å². The van der Waals surface area contributed by atoms with Crippen LogP contribution in [0.15, 0.2) is 365 Å². The molecule has 2 unspecified atom stereocenters. The molecule has 0 N–H and O–H groups in total. The summed E-state index contributed by atoms with van der Waals surface area (Å²) in [7, 11) is 0. The fraction of sp³-hybridized carbons (Fsp3) is 0.0291. The van der Waals surface area contributed by atoms with Crippen molar-refractivity contribution in [3.05, 3.63) is 478 Å². The van der Waals surface area contributed by atoms with Gasteiger partial charge in [0.05, 0.1) is 16.2 Å². The molecule has 540 valence electrons. The Labute approximate surface area is 649 Å². The average molecular weight is 1480 g/mol. The minimum atomic E-state index is -1.44. The van der Waals surface area contributed by atoms with Crippen LogP contribution in [-0.4, -0.2) is 0 Å². The van der Waals surface area contributed by atoms with Gasteiger partial charge in [0.15, 0.2) is 0 Å². The second-order valence-electron chi connectivity index (χ2n) is 29.0. The van der Waals surface area contributed by atoms with Crippen LogP contribution in [-0.2, 0) is 16.2 Å². The van der Waals surface area contributed by atoms with Gasteiger partial charge in [-0.15, -0.1) is 0 Å². The highest BCUT2D eigenvalue weighted by molar-refractivity contribution is 5.99. The van der Waals surface area contributed by atoms with E-state index in [-0.39, 0.29) is 11.1 Å². The number of halogens is 6. The zero-order valence-corrected chi connectivity index (χ0v) is 60.5. The average Bonchev–Trinajstić information content (AvgIpc) is 1.54. The molecule has 20 rings (SSSR count). The van der Waals surface area contributed by atoms with Gasteiger partial charge in [-0.1, -0.05) is 195 Å².